The Morgan fingerprint density at radius 3 is 2.29 bits per heavy atom. The second-order valence-corrected chi connectivity index (χ2v) is 6.69. The van der Waals surface area contributed by atoms with Crippen molar-refractivity contribution < 1.29 is 0 Å². The Bertz CT molecular complexity index is 190. The largest absolute Gasteiger partial charge is 0.0654 e. The normalized spacial score (nSPS) is 31.6. The zero-order chi connectivity index (χ0) is 11.9. The van der Waals surface area contributed by atoms with Gasteiger partial charge >= 0.3 is 0 Å². The SMILES string of the molecule is CCCCCC1CCCC(C2CCCCC2)C1. The average Bonchev–Trinajstić information content (AvgIpc) is 2.41. The molecule has 2 aliphatic carbocycles. The zero-order valence-electron chi connectivity index (χ0n) is 11.9. The van der Waals surface area contributed by atoms with E-state index in [1.807, 2.05) is 0 Å². The van der Waals surface area contributed by atoms with Crippen molar-refractivity contribution >= 4 is 0 Å². The molecule has 17 heavy (non-hydrogen) atoms. The number of hydrogen-bond donors (Lipinski definition) is 0. The Balaban J connectivity index is 1.71. The van der Waals surface area contributed by atoms with E-state index in [1.54, 1.807) is 32.1 Å². The fourth-order valence-corrected chi connectivity index (χ4v) is 4.31. The first kappa shape index (κ1) is 13.4. The monoisotopic (exact) mass is 236 g/mol. The van der Waals surface area contributed by atoms with Crippen LogP contribution in [0.2, 0.25) is 0 Å². The fraction of sp³-hybridized carbons (Fsp3) is 1.00. The van der Waals surface area contributed by atoms with Crippen molar-refractivity contribution in [2.45, 2.75) is 90.4 Å². The van der Waals surface area contributed by atoms with Crippen LogP contribution in [0.3, 0.4) is 0 Å². The van der Waals surface area contributed by atoms with E-state index in [1.165, 1.54) is 51.4 Å². The van der Waals surface area contributed by atoms with E-state index >= 15 is 0 Å². The maximum atomic E-state index is 2.33. The molecule has 0 radical (unpaired) electrons. The summed E-state index contributed by atoms with van der Waals surface area (Å²) in [5.74, 6) is 3.34. The molecule has 2 aliphatic rings. The van der Waals surface area contributed by atoms with E-state index in [9.17, 15) is 0 Å². The lowest BCUT2D eigenvalue weighted by Gasteiger charge is -2.36. The Kier molecular flexibility index (Phi) is 5.88. The molecule has 0 amide bonds. The highest BCUT2D eigenvalue weighted by Gasteiger charge is 2.28. The van der Waals surface area contributed by atoms with Crippen LogP contribution in [0.15, 0.2) is 0 Å². The maximum absolute atomic E-state index is 2.33. The first-order chi connectivity index (χ1) is 8.40. The van der Waals surface area contributed by atoms with Gasteiger partial charge < -0.3 is 0 Å². The number of rotatable bonds is 5. The summed E-state index contributed by atoms with van der Waals surface area (Å²) in [7, 11) is 0. The van der Waals surface area contributed by atoms with Gasteiger partial charge in [-0.2, -0.15) is 0 Å². The molecule has 0 bridgehead atoms. The highest BCUT2D eigenvalue weighted by atomic mass is 14.3. The molecule has 2 unspecified atom stereocenters. The first-order valence-electron chi connectivity index (χ1n) is 8.40. The molecule has 2 fully saturated rings. The average molecular weight is 236 g/mol. The fourth-order valence-electron chi connectivity index (χ4n) is 4.31. The Morgan fingerprint density at radius 2 is 1.53 bits per heavy atom. The molecule has 0 aromatic heterocycles. The van der Waals surface area contributed by atoms with E-state index < -0.39 is 0 Å². The smallest absolute Gasteiger partial charge is 0.0383 e. The van der Waals surface area contributed by atoms with Crippen LogP contribution in [0.4, 0.5) is 0 Å². The van der Waals surface area contributed by atoms with Crippen molar-refractivity contribution in [3.05, 3.63) is 0 Å². The van der Waals surface area contributed by atoms with E-state index in [2.05, 4.69) is 6.92 Å². The van der Waals surface area contributed by atoms with Gasteiger partial charge in [0.2, 0.25) is 0 Å². The molecule has 0 nitrogen and oxygen atoms in total. The molecule has 0 N–H and O–H groups in total. The lowest BCUT2D eigenvalue weighted by Crippen LogP contribution is -2.24. The van der Waals surface area contributed by atoms with Gasteiger partial charge in [0.15, 0.2) is 0 Å². The third kappa shape index (κ3) is 4.30. The van der Waals surface area contributed by atoms with Gasteiger partial charge in [0.25, 0.3) is 0 Å². The molecule has 2 atom stereocenters. The Morgan fingerprint density at radius 1 is 0.765 bits per heavy atom. The lowest BCUT2D eigenvalue weighted by molar-refractivity contribution is 0.153. The van der Waals surface area contributed by atoms with Crippen LogP contribution in [0.5, 0.6) is 0 Å². The van der Waals surface area contributed by atoms with E-state index in [0.29, 0.717) is 0 Å². The van der Waals surface area contributed by atoms with Crippen LogP contribution in [0, 0.1) is 17.8 Å². The minimum atomic E-state index is 1.10. The molecule has 0 aromatic rings. The van der Waals surface area contributed by atoms with E-state index in [0.717, 1.165) is 17.8 Å². The van der Waals surface area contributed by atoms with Gasteiger partial charge in [-0.05, 0) is 24.2 Å². The second-order valence-electron chi connectivity index (χ2n) is 6.69. The summed E-state index contributed by atoms with van der Waals surface area (Å²) in [4.78, 5) is 0. The molecular weight excluding hydrogens is 204 g/mol. The van der Waals surface area contributed by atoms with E-state index in [4.69, 9.17) is 0 Å². The van der Waals surface area contributed by atoms with Crippen LogP contribution in [-0.4, -0.2) is 0 Å². The summed E-state index contributed by atoms with van der Waals surface area (Å²) in [6.45, 7) is 2.33. The molecule has 100 valence electrons. The molecule has 0 aromatic carbocycles. The molecular formula is C17H32. The van der Waals surface area contributed by atoms with Crippen molar-refractivity contribution in [2.75, 3.05) is 0 Å². The highest BCUT2D eigenvalue weighted by Crippen LogP contribution is 2.41. The molecule has 0 saturated heterocycles. The van der Waals surface area contributed by atoms with E-state index in [-0.39, 0.29) is 0 Å². The second kappa shape index (κ2) is 7.44. The minimum Gasteiger partial charge on any atom is -0.0654 e. The summed E-state index contributed by atoms with van der Waals surface area (Å²) < 4.78 is 0. The summed E-state index contributed by atoms with van der Waals surface area (Å²) in [5.41, 5.74) is 0. The van der Waals surface area contributed by atoms with Crippen molar-refractivity contribution in [3.63, 3.8) is 0 Å². The van der Waals surface area contributed by atoms with Crippen molar-refractivity contribution in [1.29, 1.82) is 0 Å². The molecule has 2 saturated carbocycles. The summed E-state index contributed by atoms with van der Waals surface area (Å²) in [6, 6.07) is 0. The van der Waals surface area contributed by atoms with Crippen molar-refractivity contribution in [2.24, 2.45) is 17.8 Å². The van der Waals surface area contributed by atoms with Gasteiger partial charge in [-0.1, -0.05) is 84.0 Å². The third-order valence-electron chi connectivity index (χ3n) is 5.36. The van der Waals surface area contributed by atoms with Crippen molar-refractivity contribution in [3.8, 4) is 0 Å². The maximum Gasteiger partial charge on any atom is -0.0383 e. The van der Waals surface area contributed by atoms with Crippen LogP contribution >= 0.6 is 0 Å². The lowest BCUT2D eigenvalue weighted by atomic mass is 9.69. The van der Waals surface area contributed by atoms with Gasteiger partial charge in [-0.15, -0.1) is 0 Å². The number of unbranched alkanes of at least 4 members (excludes halogenated alkanes) is 2. The molecule has 0 aliphatic heterocycles. The molecule has 2 rings (SSSR count). The van der Waals surface area contributed by atoms with Crippen molar-refractivity contribution in [1.82, 2.24) is 0 Å². The van der Waals surface area contributed by atoms with Gasteiger partial charge in [-0.3, -0.25) is 0 Å². The van der Waals surface area contributed by atoms with Gasteiger partial charge in [-0.25, -0.2) is 0 Å². The van der Waals surface area contributed by atoms with Crippen LogP contribution in [0.25, 0.3) is 0 Å². The molecule has 0 heteroatoms. The first-order valence-corrected chi connectivity index (χ1v) is 8.40. The zero-order valence-corrected chi connectivity index (χ0v) is 11.9. The predicted octanol–water partition coefficient (Wildman–Crippen LogP) is 5.95. The third-order valence-corrected chi connectivity index (χ3v) is 5.36. The summed E-state index contributed by atoms with van der Waals surface area (Å²) >= 11 is 0. The Hall–Kier alpha value is 0. The van der Waals surface area contributed by atoms with Gasteiger partial charge in [0.1, 0.15) is 0 Å². The minimum absolute atomic E-state index is 1.10. The van der Waals surface area contributed by atoms with Gasteiger partial charge in [0, 0.05) is 0 Å². The highest BCUT2D eigenvalue weighted by molar-refractivity contribution is 4.80. The standard InChI is InChI=1S/C17H32/c1-2-3-5-9-15-10-8-13-17(14-15)16-11-6-4-7-12-16/h15-17H,2-14H2,1H3. The van der Waals surface area contributed by atoms with Crippen LogP contribution < -0.4 is 0 Å². The summed E-state index contributed by atoms with van der Waals surface area (Å²) in [6.07, 6.45) is 19.8. The quantitative estimate of drug-likeness (QED) is 0.517. The van der Waals surface area contributed by atoms with Crippen LogP contribution in [0.1, 0.15) is 90.4 Å². The van der Waals surface area contributed by atoms with Gasteiger partial charge in [0.05, 0.1) is 0 Å². The number of hydrogen-bond acceptors (Lipinski definition) is 0. The Labute approximate surface area is 109 Å². The van der Waals surface area contributed by atoms with Crippen LogP contribution in [-0.2, 0) is 0 Å². The predicted molar refractivity (Wildman–Crippen MR) is 76.2 cm³/mol. The molecule has 0 heterocycles. The summed E-state index contributed by atoms with van der Waals surface area (Å²) in [5, 5.41) is 0. The topological polar surface area (TPSA) is 0 Å². The molecule has 0 spiro atoms.